The maximum absolute atomic E-state index is 10.8. The van der Waals surface area contributed by atoms with Crippen LogP contribution in [-0.4, -0.2) is 31.6 Å². The minimum atomic E-state index is -0.666. The van der Waals surface area contributed by atoms with Crippen molar-refractivity contribution in [1.29, 1.82) is 0 Å². The van der Waals surface area contributed by atoms with Gasteiger partial charge in [0.05, 0.1) is 13.7 Å². The van der Waals surface area contributed by atoms with Crippen molar-refractivity contribution in [3.8, 4) is 0 Å². The minimum absolute atomic E-state index is 0.0617. The Morgan fingerprint density at radius 3 is 3.00 bits per heavy atom. The third-order valence-electron chi connectivity index (χ3n) is 1.58. The lowest BCUT2D eigenvalue weighted by atomic mass is 10.1. The van der Waals surface area contributed by atoms with Gasteiger partial charge in [-0.25, -0.2) is 4.79 Å². The van der Waals surface area contributed by atoms with E-state index in [4.69, 9.17) is 4.74 Å². The molecule has 1 aliphatic rings. The summed E-state index contributed by atoms with van der Waals surface area (Å²) in [5.41, 5.74) is 0. The molecule has 0 amide bonds. The number of methoxy groups -OCH3 is 1. The van der Waals surface area contributed by atoms with Crippen LogP contribution >= 0.6 is 0 Å². The van der Waals surface area contributed by atoms with Crippen molar-refractivity contribution in [3.05, 3.63) is 0 Å². The summed E-state index contributed by atoms with van der Waals surface area (Å²) in [5, 5.41) is 0. The second-order valence-corrected chi connectivity index (χ2v) is 2.38. The summed E-state index contributed by atoms with van der Waals surface area (Å²) in [6.07, 6.45) is -0.0959. The van der Waals surface area contributed by atoms with Crippen LogP contribution in [0.2, 0.25) is 0 Å². The van der Waals surface area contributed by atoms with Crippen molar-refractivity contribution in [3.63, 3.8) is 0 Å². The maximum atomic E-state index is 10.8. The molecule has 1 fully saturated rings. The molecule has 1 atom stereocenters. The van der Waals surface area contributed by atoms with Gasteiger partial charge in [0.2, 0.25) is 0 Å². The smallest absolute Gasteiger partial charge is 0.335 e. The van der Waals surface area contributed by atoms with E-state index in [1.807, 2.05) is 0 Å². The number of rotatable bonds is 1. The molecule has 0 aliphatic carbocycles. The third kappa shape index (κ3) is 2.01. The molecule has 62 valence electrons. The van der Waals surface area contributed by atoms with Crippen LogP contribution < -0.4 is 0 Å². The molecule has 0 saturated carbocycles. The van der Waals surface area contributed by atoms with Crippen LogP contribution in [0.4, 0.5) is 0 Å². The monoisotopic (exact) mass is 158 g/mol. The fourth-order valence-electron chi connectivity index (χ4n) is 0.966. The lowest BCUT2D eigenvalue weighted by Gasteiger charge is -2.18. The van der Waals surface area contributed by atoms with Gasteiger partial charge in [-0.05, 0) is 0 Å². The first kappa shape index (κ1) is 8.20. The van der Waals surface area contributed by atoms with E-state index in [0.717, 1.165) is 0 Å². The van der Waals surface area contributed by atoms with Gasteiger partial charge in [-0.2, -0.15) is 0 Å². The van der Waals surface area contributed by atoms with Crippen molar-refractivity contribution in [2.24, 2.45) is 0 Å². The van der Waals surface area contributed by atoms with Crippen LogP contribution in [0.3, 0.4) is 0 Å². The van der Waals surface area contributed by atoms with Gasteiger partial charge in [-0.15, -0.1) is 0 Å². The van der Waals surface area contributed by atoms with Crippen LogP contribution in [0.5, 0.6) is 0 Å². The fourth-order valence-corrected chi connectivity index (χ4v) is 0.966. The number of esters is 1. The Morgan fingerprint density at radius 2 is 2.45 bits per heavy atom. The SMILES string of the molecule is COC(=O)[C@H]1CC(=O)CCO1. The predicted molar refractivity (Wildman–Crippen MR) is 36.0 cm³/mol. The van der Waals surface area contributed by atoms with E-state index in [9.17, 15) is 9.59 Å². The van der Waals surface area contributed by atoms with E-state index in [1.54, 1.807) is 0 Å². The van der Waals surface area contributed by atoms with Crippen LogP contribution in [0.1, 0.15) is 12.8 Å². The Bertz CT molecular complexity index is 175. The van der Waals surface area contributed by atoms with Gasteiger partial charge in [0, 0.05) is 12.8 Å². The summed E-state index contributed by atoms with van der Waals surface area (Å²) in [7, 11) is 1.28. The van der Waals surface area contributed by atoms with Crippen LogP contribution in [-0.2, 0) is 19.1 Å². The lowest BCUT2D eigenvalue weighted by Crippen LogP contribution is -2.33. The average molecular weight is 158 g/mol. The summed E-state index contributed by atoms with van der Waals surface area (Å²) in [4.78, 5) is 21.6. The van der Waals surface area contributed by atoms with E-state index >= 15 is 0 Å². The number of carbonyl (C=O) groups excluding carboxylic acids is 2. The van der Waals surface area contributed by atoms with Crippen molar-refractivity contribution in [1.82, 2.24) is 0 Å². The quantitative estimate of drug-likeness (QED) is 0.500. The zero-order chi connectivity index (χ0) is 8.27. The summed E-state index contributed by atoms with van der Waals surface area (Å²) < 4.78 is 9.43. The van der Waals surface area contributed by atoms with Crippen LogP contribution in [0.25, 0.3) is 0 Å². The zero-order valence-corrected chi connectivity index (χ0v) is 6.33. The largest absolute Gasteiger partial charge is 0.467 e. The number of carbonyl (C=O) groups is 2. The first-order chi connectivity index (χ1) is 5.24. The molecular weight excluding hydrogens is 148 g/mol. The highest BCUT2D eigenvalue weighted by atomic mass is 16.6. The number of hydrogen-bond donors (Lipinski definition) is 0. The van der Waals surface area contributed by atoms with E-state index in [0.29, 0.717) is 13.0 Å². The van der Waals surface area contributed by atoms with Gasteiger partial charge < -0.3 is 9.47 Å². The minimum Gasteiger partial charge on any atom is -0.467 e. The standard InChI is InChI=1S/C7H10O4/c1-10-7(9)6-4-5(8)2-3-11-6/h6H,2-4H2,1H3/t6-/m1/s1. The van der Waals surface area contributed by atoms with E-state index in [1.165, 1.54) is 7.11 Å². The number of Topliss-reactive ketones (excluding diaryl/α,β-unsaturated/α-hetero) is 1. The predicted octanol–water partition coefficient (Wildman–Crippen LogP) is -0.0925. The molecule has 1 saturated heterocycles. The van der Waals surface area contributed by atoms with E-state index < -0.39 is 12.1 Å². The molecule has 11 heavy (non-hydrogen) atoms. The van der Waals surface area contributed by atoms with E-state index in [2.05, 4.69) is 4.74 Å². The molecule has 0 aromatic rings. The molecule has 0 radical (unpaired) electrons. The number of hydrogen-bond acceptors (Lipinski definition) is 4. The molecule has 0 aromatic carbocycles. The Balaban J connectivity index is 2.45. The van der Waals surface area contributed by atoms with Gasteiger partial charge in [0.25, 0.3) is 0 Å². The van der Waals surface area contributed by atoms with Crippen molar-refractivity contribution in [2.45, 2.75) is 18.9 Å². The van der Waals surface area contributed by atoms with E-state index in [-0.39, 0.29) is 12.2 Å². The van der Waals surface area contributed by atoms with Crippen LogP contribution in [0.15, 0.2) is 0 Å². The molecule has 1 aliphatic heterocycles. The van der Waals surface area contributed by atoms with Gasteiger partial charge in [0.1, 0.15) is 5.78 Å². The van der Waals surface area contributed by atoms with Crippen LogP contribution in [0, 0.1) is 0 Å². The summed E-state index contributed by atoms with van der Waals surface area (Å²) in [6, 6.07) is 0. The summed E-state index contributed by atoms with van der Waals surface area (Å²) in [5.74, 6) is -0.398. The Labute approximate surface area is 64.5 Å². The Morgan fingerprint density at radius 1 is 1.73 bits per heavy atom. The van der Waals surface area contributed by atoms with Gasteiger partial charge in [-0.3, -0.25) is 4.79 Å². The normalized spacial score (nSPS) is 24.8. The molecule has 0 spiro atoms. The second kappa shape index (κ2) is 3.48. The Kier molecular flexibility index (Phi) is 2.59. The molecule has 0 aromatic heterocycles. The maximum Gasteiger partial charge on any atom is 0.335 e. The molecule has 1 heterocycles. The molecule has 0 N–H and O–H groups in total. The van der Waals surface area contributed by atoms with Gasteiger partial charge in [0.15, 0.2) is 6.10 Å². The van der Waals surface area contributed by atoms with Gasteiger partial charge in [-0.1, -0.05) is 0 Å². The highest BCUT2D eigenvalue weighted by molar-refractivity contribution is 5.86. The molecule has 1 rings (SSSR count). The summed E-state index contributed by atoms with van der Waals surface area (Å²) in [6.45, 7) is 0.332. The molecule has 4 heteroatoms. The van der Waals surface area contributed by atoms with Crippen molar-refractivity contribution < 1.29 is 19.1 Å². The zero-order valence-electron chi connectivity index (χ0n) is 6.33. The Hall–Kier alpha value is -0.900. The fraction of sp³-hybridized carbons (Fsp3) is 0.714. The summed E-state index contributed by atoms with van der Waals surface area (Å²) >= 11 is 0. The molecule has 0 bridgehead atoms. The lowest BCUT2D eigenvalue weighted by molar-refractivity contribution is -0.160. The second-order valence-electron chi connectivity index (χ2n) is 2.38. The first-order valence-corrected chi connectivity index (χ1v) is 3.45. The number of ether oxygens (including phenoxy) is 2. The van der Waals surface area contributed by atoms with Crippen molar-refractivity contribution >= 4 is 11.8 Å². The highest BCUT2D eigenvalue weighted by Gasteiger charge is 2.26. The molecule has 4 nitrogen and oxygen atoms in total. The highest BCUT2D eigenvalue weighted by Crippen LogP contribution is 2.10. The molecule has 0 unspecified atom stereocenters. The third-order valence-corrected chi connectivity index (χ3v) is 1.58. The molecular formula is C7H10O4. The topological polar surface area (TPSA) is 52.6 Å². The van der Waals surface area contributed by atoms with Crippen molar-refractivity contribution in [2.75, 3.05) is 13.7 Å². The first-order valence-electron chi connectivity index (χ1n) is 3.45. The number of ketones is 1. The average Bonchev–Trinajstić information content (AvgIpc) is 2.03. The van der Waals surface area contributed by atoms with Gasteiger partial charge >= 0.3 is 5.97 Å².